The summed E-state index contributed by atoms with van der Waals surface area (Å²) in [6, 6.07) is 13.1. The maximum atomic E-state index is 13.8. The number of likely N-dealkylation sites (N-methyl/N-ethyl adjacent to an activating group) is 1. The molecule has 2 amide bonds. The number of nitrogens with zero attached hydrogens (tertiary/aromatic N) is 3. The Morgan fingerprint density at radius 2 is 1.95 bits per heavy atom. The van der Waals surface area contributed by atoms with Crippen molar-refractivity contribution in [2.45, 2.75) is 58.3 Å². The smallest absolute Gasteiger partial charge is 0.407 e. The minimum absolute atomic E-state index is 0.0232. The van der Waals surface area contributed by atoms with Crippen LogP contribution in [0.1, 0.15) is 51.0 Å². The SMILES string of the molecule is CC(C)[C@@H](C(=O)N1[C@@H](C)CC[C@H]1c1nc2ccc3cc4c(cc3c2[nH]1)OCc1cc(Cl)ccc1-4)N(C)C(=O)O. The third-order valence-electron chi connectivity index (χ3n) is 8.17. The molecule has 6 rings (SSSR count). The molecule has 2 aliphatic rings. The van der Waals surface area contributed by atoms with Crippen molar-refractivity contribution in [3.63, 3.8) is 0 Å². The molecule has 39 heavy (non-hydrogen) atoms. The van der Waals surface area contributed by atoms with Crippen LogP contribution in [0.25, 0.3) is 32.9 Å². The zero-order valence-corrected chi connectivity index (χ0v) is 23.1. The number of rotatable bonds is 4. The second-order valence-corrected chi connectivity index (χ2v) is 11.4. The van der Waals surface area contributed by atoms with Crippen LogP contribution in [-0.4, -0.2) is 56.0 Å². The first-order chi connectivity index (χ1) is 18.6. The number of carboxylic acid groups (broad SMARTS) is 1. The van der Waals surface area contributed by atoms with Crippen molar-refractivity contribution in [2.24, 2.45) is 5.92 Å². The normalized spacial score (nSPS) is 19.2. The number of carbonyl (C=O) groups is 2. The molecule has 3 aromatic carbocycles. The van der Waals surface area contributed by atoms with Crippen LogP contribution in [-0.2, 0) is 11.4 Å². The fraction of sp³-hybridized carbons (Fsp3) is 0.367. The average molecular weight is 547 g/mol. The molecule has 0 aliphatic carbocycles. The lowest BCUT2D eigenvalue weighted by Crippen LogP contribution is -2.53. The van der Waals surface area contributed by atoms with Gasteiger partial charge in [-0.2, -0.15) is 0 Å². The van der Waals surface area contributed by atoms with Crippen LogP contribution in [0.3, 0.4) is 0 Å². The molecule has 0 unspecified atom stereocenters. The van der Waals surface area contributed by atoms with Gasteiger partial charge in [0.05, 0.1) is 17.1 Å². The molecule has 0 spiro atoms. The van der Waals surface area contributed by atoms with E-state index in [1.54, 1.807) is 0 Å². The lowest BCUT2D eigenvalue weighted by molar-refractivity contribution is -0.140. The summed E-state index contributed by atoms with van der Waals surface area (Å²) in [6.45, 7) is 6.22. The van der Waals surface area contributed by atoms with Gasteiger partial charge in [0.25, 0.3) is 0 Å². The van der Waals surface area contributed by atoms with Crippen molar-refractivity contribution in [3.8, 4) is 16.9 Å². The number of imidazole rings is 1. The standard InChI is InChI=1S/C30H31ClN4O4/c1-15(2)27(34(4)30(37)38)29(36)35-16(3)5-10-24(35)28-32-23-9-6-17-12-22-20-8-7-19(31)11-18(20)14-39-25(22)13-21(17)26(23)33-28/h6-9,11-13,15-16,24,27H,5,10,14H2,1-4H3,(H,32,33)(H,37,38)/t16-,24-,27-/m0/s1. The Bertz CT molecular complexity index is 1630. The van der Waals surface area contributed by atoms with Gasteiger partial charge in [0.2, 0.25) is 5.91 Å². The van der Waals surface area contributed by atoms with E-state index in [1.807, 2.05) is 49.9 Å². The molecular weight excluding hydrogens is 516 g/mol. The number of fused-ring (bicyclic) bond motifs is 6. The highest BCUT2D eigenvalue weighted by Gasteiger charge is 2.42. The van der Waals surface area contributed by atoms with Crippen LogP contribution >= 0.6 is 11.6 Å². The summed E-state index contributed by atoms with van der Waals surface area (Å²) >= 11 is 6.20. The fourth-order valence-corrected chi connectivity index (χ4v) is 6.43. The lowest BCUT2D eigenvalue weighted by atomic mass is 9.94. The number of halogens is 1. The van der Waals surface area contributed by atoms with Gasteiger partial charge in [-0.3, -0.25) is 9.69 Å². The van der Waals surface area contributed by atoms with Crippen molar-refractivity contribution in [3.05, 3.63) is 58.9 Å². The largest absolute Gasteiger partial charge is 0.488 e. The molecule has 0 saturated carbocycles. The van der Waals surface area contributed by atoms with E-state index >= 15 is 0 Å². The van der Waals surface area contributed by atoms with E-state index in [4.69, 9.17) is 21.3 Å². The number of H-pyrrole nitrogens is 1. The zero-order chi connectivity index (χ0) is 27.6. The molecule has 0 radical (unpaired) electrons. The highest BCUT2D eigenvalue weighted by molar-refractivity contribution is 6.30. The number of aromatic nitrogens is 2. The van der Waals surface area contributed by atoms with E-state index < -0.39 is 12.1 Å². The summed E-state index contributed by atoms with van der Waals surface area (Å²) in [6.07, 6.45) is 0.460. The van der Waals surface area contributed by atoms with Gasteiger partial charge in [-0.25, -0.2) is 9.78 Å². The third kappa shape index (κ3) is 4.18. The number of hydrogen-bond donors (Lipinski definition) is 2. The second-order valence-electron chi connectivity index (χ2n) is 11.0. The highest BCUT2D eigenvalue weighted by atomic mass is 35.5. The Morgan fingerprint density at radius 1 is 1.15 bits per heavy atom. The van der Waals surface area contributed by atoms with Gasteiger partial charge >= 0.3 is 6.09 Å². The Labute approximate surface area is 231 Å². The van der Waals surface area contributed by atoms with Crippen LogP contribution in [0.15, 0.2) is 42.5 Å². The first-order valence-corrected chi connectivity index (χ1v) is 13.7. The highest BCUT2D eigenvalue weighted by Crippen LogP contribution is 2.43. The van der Waals surface area contributed by atoms with Gasteiger partial charge in [0.1, 0.15) is 24.2 Å². The van der Waals surface area contributed by atoms with Crippen molar-refractivity contribution in [2.75, 3.05) is 7.05 Å². The van der Waals surface area contributed by atoms with Crippen molar-refractivity contribution in [1.82, 2.24) is 19.8 Å². The number of benzene rings is 3. The molecule has 3 heterocycles. The van der Waals surface area contributed by atoms with E-state index in [1.165, 1.54) is 7.05 Å². The van der Waals surface area contributed by atoms with Gasteiger partial charge in [0.15, 0.2) is 0 Å². The Morgan fingerprint density at radius 3 is 2.69 bits per heavy atom. The minimum Gasteiger partial charge on any atom is -0.488 e. The molecule has 9 heteroatoms. The molecule has 8 nitrogen and oxygen atoms in total. The number of ether oxygens (including phenoxy) is 1. The zero-order valence-electron chi connectivity index (χ0n) is 22.4. The van der Waals surface area contributed by atoms with Crippen molar-refractivity contribution >= 4 is 45.4 Å². The number of amides is 2. The van der Waals surface area contributed by atoms with Crippen LogP contribution in [0, 0.1) is 5.92 Å². The summed E-state index contributed by atoms with van der Waals surface area (Å²) in [5, 5.41) is 12.4. The summed E-state index contributed by atoms with van der Waals surface area (Å²) in [4.78, 5) is 36.9. The van der Waals surface area contributed by atoms with Crippen LogP contribution in [0.5, 0.6) is 5.75 Å². The monoisotopic (exact) mass is 546 g/mol. The first kappa shape index (κ1) is 25.5. The topological polar surface area (TPSA) is 98.8 Å². The molecule has 0 bridgehead atoms. The molecular formula is C30H31ClN4O4. The number of nitrogens with one attached hydrogen (secondary N) is 1. The number of likely N-dealkylation sites (tertiary alicyclic amines) is 1. The van der Waals surface area contributed by atoms with Gasteiger partial charge in [-0.05, 0) is 72.5 Å². The quantitative estimate of drug-likeness (QED) is 0.300. The molecule has 2 N–H and O–H groups in total. The van der Waals surface area contributed by atoms with Gasteiger partial charge in [0, 0.05) is 29.1 Å². The summed E-state index contributed by atoms with van der Waals surface area (Å²) < 4.78 is 6.12. The van der Waals surface area contributed by atoms with Gasteiger partial charge < -0.3 is 19.7 Å². The Balaban J connectivity index is 1.40. The number of hydrogen-bond acceptors (Lipinski definition) is 4. The van der Waals surface area contributed by atoms with Crippen LogP contribution < -0.4 is 4.74 Å². The molecule has 2 aliphatic heterocycles. The molecule has 1 saturated heterocycles. The molecule has 4 aromatic rings. The maximum absolute atomic E-state index is 13.8. The van der Waals surface area contributed by atoms with Crippen molar-refractivity contribution < 1.29 is 19.4 Å². The molecule has 1 fully saturated rings. The van der Waals surface area contributed by atoms with Crippen LogP contribution in [0.2, 0.25) is 5.02 Å². The summed E-state index contributed by atoms with van der Waals surface area (Å²) in [5.41, 5.74) is 4.92. The summed E-state index contributed by atoms with van der Waals surface area (Å²) in [5.74, 6) is 1.17. The van der Waals surface area contributed by atoms with E-state index in [2.05, 4.69) is 23.2 Å². The van der Waals surface area contributed by atoms with Gasteiger partial charge in [-0.1, -0.05) is 37.6 Å². The Kier molecular flexibility index (Phi) is 6.18. The maximum Gasteiger partial charge on any atom is 0.407 e. The van der Waals surface area contributed by atoms with Crippen molar-refractivity contribution in [1.29, 1.82) is 0 Å². The van der Waals surface area contributed by atoms with E-state index in [0.717, 1.165) is 62.0 Å². The average Bonchev–Trinajstić information content (AvgIpc) is 3.50. The Hall–Kier alpha value is -3.78. The first-order valence-electron chi connectivity index (χ1n) is 13.3. The third-order valence-corrected chi connectivity index (χ3v) is 8.41. The van der Waals surface area contributed by atoms with E-state index in [9.17, 15) is 14.7 Å². The van der Waals surface area contributed by atoms with E-state index in [-0.39, 0.29) is 23.9 Å². The molecule has 202 valence electrons. The minimum atomic E-state index is -1.11. The number of aromatic amines is 1. The summed E-state index contributed by atoms with van der Waals surface area (Å²) in [7, 11) is 1.46. The molecule has 1 aromatic heterocycles. The predicted octanol–water partition coefficient (Wildman–Crippen LogP) is 6.62. The fourth-order valence-electron chi connectivity index (χ4n) is 6.23. The lowest BCUT2D eigenvalue weighted by Gasteiger charge is -2.36. The second kappa shape index (κ2) is 9.45. The predicted molar refractivity (Wildman–Crippen MR) is 151 cm³/mol. The van der Waals surface area contributed by atoms with E-state index in [0.29, 0.717) is 17.5 Å². The van der Waals surface area contributed by atoms with Crippen LogP contribution in [0.4, 0.5) is 4.79 Å². The number of carbonyl (C=O) groups excluding carboxylic acids is 1. The molecule has 3 atom stereocenters. The van der Waals surface area contributed by atoms with Gasteiger partial charge in [-0.15, -0.1) is 0 Å².